The van der Waals surface area contributed by atoms with Gasteiger partial charge in [0, 0.05) is 21.9 Å². The van der Waals surface area contributed by atoms with Gasteiger partial charge >= 0.3 is 0 Å². The molecule has 2 aromatic heterocycles. The number of aromatic nitrogens is 2. The molecule has 0 bridgehead atoms. The highest BCUT2D eigenvalue weighted by Gasteiger charge is 2.08. The number of hydrogen-bond acceptors (Lipinski definition) is 4. The summed E-state index contributed by atoms with van der Waals surface area (Å²) in [5, 5.41) is 4.04. The van der Waals surface area contributed by atoms with Gasteiger partial charge in [-0.25, -0.2) is 13.8 Å². The van der Waals surface area contributed by atoms with Crippen LogP contribution in [0.15, 0.2) is 58.1 Å². The molecule has 7 heteroatoms. The van der Waals surface area contributed by atoms with Gasteiger partial charge in [0.2, 0.25) is 0 Å². The summed E-state index contributed by atoms with van der Waals surface area (Å²) >= 11 is 2.88. The first-order valence-electron chi connectivity index (χ1n) is 7.09. The molecule has 0 radical (unpaired) electrons. The molecule has 0 amide bonds. The summed E-state index contributed by atoms with van der Waals surface area (Å²) in [5.74, 6) is -0.390. The number of benzene rings is 2. The summed E-state index contributed by atoms with van der Waals surface area (Å²) in [5.41, 5.74) is 3.07. The van der Waals surface area contributed by atoms with E-state index in [-0.39, 0.29) is 5.69 Å². The van der Waals surface area contributed by atoms with Gasteiger partial charge in [-0.2, -0.15) is 11.3 Å². The Hall–Kier alpha value is -2.38. The zero-order valence-electron chi connectivity index (χ0n) is 12.2. The van der Waals surface area contributed by atoms with E-state index >= 15 is 0 Å². The van der Waals surface area contributed by atoms with Crippen molar-refractivity contribution in [1.82, 2.24) is 9.97 Å². The first-order chi connectivity index (χ1) is 11.7. The topological polar surface area (TPSA) is 40.7 Å². The van der Waals surface area contributed by atoms with Crippen LogP contribution < -0.4 is 4.72 Å². The smallest absolute Gasteiger partial charge is 0.150 e. The fourth-order valence-electron chi connectivity index (χ4n) is 2.27. The largest absolute Gasteiger partial charge is 0.338 e. The van der Waals surface area contributed by atoms with E-state index in [0.29, 0.717) is 0 Å². The van der Waals surface area contributed by atoms with Gasteiger partial charge in [0.15, 0.2) is 0 Å². The van der Waals surface area contributed by atoms with Crippen LogP contribution in [0, 0.1) is 11.6 Å². The Balaban J connectivity index is 1.56. The molecular formula is C17H11F2N3S2. The van der Waals surface area contributed by atoms with Crippen LogP contribution in [0.4, 0.5) is 14.5 Å². The fourth-order valence-corrected chi connectivity index (χ4v) is 3.62. The summed E-state index contributed by atoms with van der Waals surface area (Å²) in [7, 11) is 0. The van der Waals surface area contributed by atoms with Gasteiger partial charge in [-0.05, 0) is 53.7 Å². The average Bonchev–Trinajstić information content (AvgIpc) is 3.22. The molecule has 0 saturated carbocycles. The molecule has 0 fully saturated rings. The lowest BCUT2D eigenvalue weighted by molar-refractivity contribution is 0.586. The van der Waals surface area contributed by atoms with Gasteiger partial charge in [0.1, 0.15) is 17.5 Å². The molecule has 4 aromatic rings. The van der Waals surface area contributed by atoms with Crippen LogP contribution in [-0.2, 0) is 0 Å². The van der Waals surface area contributed by atoms with Crippen LogP contribution in [0.2, 0.25) is 0 Å². The Kier molecular flexibility index (Phi) is 3.95. The van der Waals surface area contributed by atoms with Crippen molar-refractivity contribution in [2.75, 3.05) is 4.72 Å². The Bertz CT molecular complexity index is 996. The summed E-state index contributed by atoms with van der Waals surface area (Å²) in [4.78, 5) is 8.74. The van der Waals surface area contributed by atoms with Crippen molar-refractivity contribution in [1.29, 1.82) is 0 Å². The summed E-state index contributed by atoms with van der Waals surface area (Å²) in [6.45, 7) is 0. The van der Waals surface area contributed by atoms with Crippen LogP contribution in [0.25, 0.3) is 22.4 Å². The fraction of sp³-hybridized carbons (Fsp3) is 0. The second kappa shape index (κ2) is 6.26. The van der Waals surface area contributed by atoms with Crippen LogP contribution in [-0.4, -0.2) is 9.97 Å². The second-order valence-electron chi connectivity index (χ2n) is 5.10. The zero-order chi connectivity index (χ0) is 16.5. The van der Waals surface area contributed by atoms with Crippen molar-refractivity contribution >= 4 is 40.0 Å². The van der Waals surface area contributed by atoms with Gasteiger partial charge < -0.3 is 9.71 Å². The van der Waals surface area contributed by atoms with Crippen molar-refractivity contribution in [2.45, 2.75) is 4.90 Å². The molecule has 0 saturated heterocycles. The molecule has 0 atom stereocenters. The highest BCUT2D eigenvalue weighted by atomic mass is 32.2. The maximum absolute atomic E-state index is 13.6. The number of halogens is 2. The van der Waals surface area contributed by atoms with Crippen LogP contribution in [0.5, 0.6) is 0 Å². The molecule has 120 valence electrons. The summed E-state index contributed by atoms with van der Waals surface area (Å²) < 4.78 is 29.5. The lowest BCUT2D eigenvalue weighted by Crippen LogP contribution is -1.91. The average molecular weight is 359 g/mol. The highest BCUT2D eigenvalue weighted by Crippen LogP contribution is 2.28. The van der Waals surface area contributed by atoms with Crippen LogP contribution >= 0.6 is 23.3 Å². The number of thiophene rings is 1. The van der Waals surface area contributed by atoms with Crippen molar-refractivity contribution in [3.8, 4) is 11.4 Å². The van der Waals surface area contributed by atoms with Crippen molar-refractivity contribution in [3.05, 3.63) is 64.9 Å². The van der Waals surface area contributed by atoms with E-state index in [1.807, 2.05) is 35.0 Å². The van der Waals surface area contributed by atoms with Gasteiger partial charge in [-0.15, -0.1) is 0 Å². The van der Waals surface area contributed by atoms with E-state index in [0.717, 1.165) is 33.4 Å². The summed E-state index contributed by atoms with van der Waals surface area (Å²) in [6, 6.07) is 11.2. The van der Waals surface area contributed by atoms with Crippen molar-refractivity contribution in [2.24, 2.45) is 0 Å². The lowest BCUT2D eigenvalue weighted by atomic mass is 10.3. The number of imidazole rings is 1. The zero-order valence-corrected chi connectivity index (χ0v) is 13.8. The third-order valence-electron chi connectivity index (χ3n) is 3.46. The standard InChI is InChI=1S/C17H11F2N3S2/c18-11-1-3-14(13(19)7-11)22-24-12-2-4-15-16(8-12)21-17(20-15)10-5-6-23-9-10/h1-9,22H,(H,20,21). The predicted octanol–water partition coefficient (Wildman–Crippen LogP) is 5.69. The number of fused-ring (bicyclic) bond motifs is 1. The minimum absolute atomic E-state index is 0.241. The van der Waals surface area contributed by atoms with Gasteiger partial charge in [0.05, 0.1) is 16.7 Å². The molecule has 0 aliphatic rings. The van der Waals surface area contributed by atoms with E-state index < -0.39 is 11.6 Å². The van der Waals surface area contributed by atoms with Crippen molar-refractivity contribution < 1.29 is 8.78 Å². The maximum atomic E-state index is 13.6. The molecule has 2 aromatic carbocycles. The van der Waals surface area contributed by atoms with Gasteiger partial charge in [0.25, 0.3) is 0 Å². The van der Waals surface area contributed by atoms with Crippen LogP contribution in [0.1, 0.15) is 0 Å². The molecule has 0 aliphatic heterocycles. The minimum Gasteiger partial charge on any atom is -0.338 e. The SMILES string of the molecule is Fc1ccc(NSc2ccc3nc(-c4ccsc4)[nH]c3c2)c(F)c1. The van der Waals surface area contributed by atoms with E-state index in [9.17, 15) is 8.78 Å². The van der Waals surface area contributed by atoms with E-state index in [2.05, 4.69) is 14.7 Å². The number of anilines is 1. The van der Waals surface area contributed by atoms with E-state index in [4.69, 9.17) is 0 Å². The summed E-state index contributed by atoms with van der Waals surface area (Å²) in [6.07, 6.45) is 0. The molecule has 0 spiro atoms. The Morgan fingerprint density at radius 1 is 1.08 bits per heavy atom. The molecule has 24 heavy (non-hydrogen) atoms. The molecule has 0 aliphatic carbocycles. The third kappa shape index (κ3) is 3.00. The molecule has 0 unspecified atom stereocenters. The molecular weight excluding hydrogens is 348 g/mol. The third-order valence-corrected chi connectivity index (χ3v) is 4.95. The monoisotopic (exact) mass is 359 g/mol. The van der Waals surface area contributed by atoms with Crippen LogP contribution in [0.3, 0.4) is 0 Å². The first kappa shape index (κ1) is 15.2. The number of rotatable bonds is 4. The quantitative estimate of drug-likeness (QED) is 0.460. The van der Waals surface area contributed by atoms with E-state index in [1.165, 1.54) is 24.1 Å². The first-order valence-corrected chi connectivity index (χ1v) is 8.85. The number of aromatic amines is 1. The number of nitrogens with zero attached hydrogens (tertiary/aromatic N) is 1. The molecule has 2 heterocycles. The molecule has 2 N–H and O–H groups in total. The number of hydrogen-bond donors (Lipinski definition) is 2. The minimum atomic E-state index is -0.620. The van der Waals surface area contributed by atoms with Gasteiger partial charge in [-0.1, -0.05) is 0 Å². The van der Waals surface area contributed by atoms with Crippen molar-refractivity contribution in [3.63, 3.8) is 0 Å². The Morgan fingerprint density at radius 2 is 2.00 bits per heavy atom. The normalized spacial score (nSPS) is 11.1. The maximum Gasteiger partial charge on any atom is 0.150 e. The Labute approximate surface area is 144 Å². The Morgan fingerprint density at radius 3 is 2.79 bits per heavy atom. The highest BCUT2D eigenvalue weighted by molar-refractivity contribution is 8.00. The van der Waals surface area contributed by atoms with E-state index in [1.54, 1.807) is 11.3 Å². The number of nitrogens with one attached hydrogen (secondary N) is 2. The van der Waals surface area contributed by atoms with Gasteiger partial charge in [-0.3, -0.25) is 0 Å². The molecule has 4 rings (SSSR count). The molecule has 3 nitrogen and oxygen atoms in total. The lowest BCUT2D eigenvalue weighted by Gasteiger charge is -2.06. The predicted molar refractivity (Wildman–Crippen MR) is 95.2 cm³/mol. The second-order valence-corrected chi connectivity index (χ2v) is 6.76. The number of H-pyrrole nitrogens is 1.